The Balaban J connectivity index is 0.000000135. The van der Waals surface area contributed by atoms with Gasteiger partial charge in [0.2, 0.25) is 22.8 Å². The van der Waals surface area contributed by atoms with Crippen LogP contribution in [0.3, 0.4) is 0 Å². The van der Waals surface area contributed by atoms with Crippen molar-refractivity contribution in [3.8, 4) is 89.5 Å². The Bertz CT molecular complexity index is 4480. The Morgan fingerprint density at radius 1 is 0.348 bits per heavy atom. The highest BCUT2D eigenvalue weighted by atomic mass is 19.1. The van der Waals surface area contributed by atoms with Crippen molar-refractivity contribution >= 4 is 0 Å². The number of halogens is 2. The lowest BCUT2D eigenvalue weighted by Gasteiger charge is -2.13. The van der Waals surface area contributed by atoms with Gasteiger partial charge in [-0.1, -0.05) is 172 Å². The highest BCUT2D eigenvalue weighted by Gasteiger charge is 2.23. The fourth-order valence-electron chi connectivity index (χ4n) is 12.6. The number of aromatic nitrogens is 4. The number of aryl methyl sites for hydroxylation is 9. The fourth-order valence-corrected chi connectivity index (χ4v) is 12.6. The normalized spacial score (nSPS) is 11.9. The predicted molar refractivity (Wildman–Crippen MR) is 377 cm³/mol. The summed E-state index contributed by atoms with van der Waals surface area (Å²) in [7, 11) is 8.33. The van der Waals surface area contributed by atoms with Gasteiger partial charge < -0.3 is 0 Å². The molecule has 0 saturated heterocycles. The van der Waals surface area contributed by atoms with E-state index in [4.69, 9.17) is 0 Å². The lowest BCUT2D eigenvalue weighted by atomic mass is 9.93. The predicted octanol–water partition coefficient (Wildman–Crippen LogP) is 20.1. The van der Waals surface area contributed by atoms with Gasteiger partial charge in [-0.15, -0.1) is 0 Å². The zero-order chi connectivity index (χ0) is 64.8. The molecule has 8 aromatic carbocycles. The Hall–Kier alpha value is -9.78. The van der Waals surface area contributed by atoms with Gasteiger partial charge in [-0.25, -0.2) is 27.0 Å². The van der Waals surface area contributed by atoms with Gasteiger partial charge in [-0.2, -0.15) is 0 Å². The zero-order valence-corrected chi connectivity index (χ0v) is 55.6. The molecule has 0 N–H and O–H groups in total. The minimum absolute atomic E-state index is 0.0541. The van der Waals surface area contributed by atoms with Gasteiger partial charge in [0.15, 0.2) is 24.8 Å². The van der Waals surface area contributed by atoms with Crippen molar-refractivity contribution in [3.05, 3.63) is 312 Å². The molecule has 4 nitrogen and oxygen atoms in total. The maximum Gasteiger partial charge on any atom is 0.213 e. The molecule has 13 rings (SSSR count). The molecule has 0 radical (unpaired) electrons. The zero-order valence-electron chi connectivity index (χ0n) is 55.6. The van der Waals surface area contributed by atoms with Crippen LogP contribution in [0, 0.1) is 52.2 Å². The van der Waals surface area contributed by atoms with E-state index in [-0.39, 0.29) is 11.6 Å². The first-order chi connectivity index (χ1) is 44.5. The quantitative estimate of drug-likeness (QED) is 0.115. The molecule has 0 spiro atoms. The number of benzene rings is 8. The van der Waals surface area contributed by atoms with Crippen LogP contribution < -0.4 is 18.3 Å². The van der Waals surface area contributed by atoms with Gasteiger partial charge in [-0.3, -0.25) is 0 Å². The third-order valence-electron chi connectivity index (χ3n) is 17.9. The number of hydrogen-bond donors (Lipinski definition) is 0. The summed E-state index contributed by atoms with van der Waals surface area (Å²) in [5, 5.41) is 0. The van der Waals surface area contributed by atoms with Gasteiger partial charge in [0.05, 0.1) is 0 Å². The van der Waals surface area contributed by atoms with Gasteiger partial charge in [0.25, 0.3) is 0 Å². The molecule has 1 fully saturated rings. The molecule has 1 aliphatic carbocycles. The summed E-state index contributed by atoms with van der Waals surface area (Å²) in [6.45, 7) is 14.9. The van der Waals surface area contributed by atoms with Crippen molar-refractivity contribution < 1.29 is 27.0 Å². The minimum Gasteiger partial charge on any atom is -0.207 e. The first-order valence-electron chi connectivity index (χ1n) is 32.4. The summed E-state index contributed by atoms with van der Waals surface area (Å²) in [5.41, 5.74) is 27.4. The molecule has 1 saturated carbocycles. The van der Waals surface area contributed by atoms with E-state index < -0.39 is 0 Å². The summed E-state index contributed by atoms with van der Waals surface area (Å²) in [6.07, 6.45) is 13.9. The molecule has 0 atom stereocenters. The second kappa shape index (κ2) is 30.4. The molecular formula is C86H88F2N4+4. The van der Waals surface area contributed by atoms with Crippen molar-refractivity contribution in [2.24, 2.45) is 34.1 Å². The van der Waals surface area contributed by atoms with E-state index in [0.29, 0.717) is 11.8 Å². The Kier molecular flexibility index (Phi) is 21.5. The second-order valence-corrected chi connectivity index (χ2v) is 25.3. The summed E-state index contributed by atoms with van der Waals surface area (Å²) in [5.74, 6) is 0.652. The lowest BCUT2D eigenvalue weighted by molar-refractivity contribution is -0.660. The molecule has 92 heavy (non-hydrogen) atoms. The maximum atomic E-state index is 14.3. The Morgan fingerprint density at radius 3 is 1.15 bits per heavy atom. The topological polar surface area (TPSA) is 15.5 Å². The van der Waals surface area contributed by atoms with E-state index in [1.165, 1.54) is 108 Å². The monoisotopic (exact) mass is 1210 g/mol. The molecule has 0 unspecified atom stereocenters. The smallest absolute Gasteiger partial charge is 0.207 e. The van der Waals surface area contributed by atoms with Crippen LogP contribution in [-0.4, -0.2) is 0 Å². The van der Waals surface area contributed by atoms with E-state index in [2.05, 4.69) is 326 Å². The van der Waals surface area contributed by atoms with Gasteiger partial charge in [-0.05, 0) is 193 Å². The maximum absolute atomic E-state index is 14.3. The van der Waals surface area contributed by atoms with Crippen LogP contribution in [0.2, 0.25) is 0 Å². The van der Waals surface area contributed by atoms with Crippen LogP contribution in [0.1, 0.15) is 84.4 Å². The van der Waals surface area contributed by atoms with Crippen molar-refractivity contribution in [1.82, 2.24) is 0 Å². The number of pyridine rings is 4. The van der Waals surface area contributed by atoms with E-state index >= 15 is 0 Å². The highest BCUT2D eigenvalue weighted by molar-refractivity contribution is 5.73. The summed E-state index contributed by atoms with van der Waals surface area (Å²) in [6, 6.07) is 81.5. The largest absolute Gasteiger partial charge is 0.213 e. The SMILES string of the molecule is Cc1ccc(-c2cc[n+](C)c(-c3ccccc3C)c2)cc1.Cc1ccccc1-c1cc(-c2ccccc2)cc[n+]1C.Cc1ccccc1-c1ccc(-c2ccc(F)c(C3CCCC3)c2)c[n+]1C.Cc1ccccc1-c1ccc(-c2ccc(F)c(CC(C)C)c2)c[n+]1C. The lowest BCUT2D eigenvalue weighted by Crippen LogP contribution is -2.30. The highest BCUT2D eigenvalue weighted by Crippen LogP contribution is 2.38. The minimum atomic E-state index is -0.113. The third kappa shape index (κ3) is 16.0. The molecular weight excluding hydrogens is 1130 g/mol. The van der Waals surface area contributed by atoms with Crippen molar-refractivity contribution in [2.75, 3.05) is 0 Å². The third-order valence-corrected chi connectivity index (χ3v) is 17.9. The molecule has 0 amide bonds. The first-order valence-corrected chi connectivity index (χ1v) is 32.4. The number of hydrogen-bond acceptors (Lipinski definition) is 0. The van der Waals surface area contributed by atoms with Gasteiger partial charge >= 0.3 is 0 Å². The molecule has 1 aliphatic rings. The van der Waals surface area contributed by atoms with Crippen LogP contribution >= 0.6 is 0 Å². The van der Waals surface area contributed by atoms with E-state index in [0.717, 1.165) is 52.6 Å². The van der Waals surface area contributed by atoms with Crippen molar-refractivity contribution in [3.63, 3.8) is 0 Å². The Morgan fingerprint density at radius 2 is 0.717 bits per heavy atom. The summed E-state index contributed by atoms with van der Waals surface area (Å²) >= 11 is 0. The number of rotatable bonds is 11. The summed E-state index contributed by atoms with van der Waals surface area (Å²) < 4.78 is 37.1. The average molecular weight is 1220 g/mol. The average Bonchev–Trinajstić information content (AvgIpc) is 1.04. The molecule has 4 heterocycles. The van der Waals surface area contributed by atoms with E-state index in [1.54, 1.807) is 12.1 Å². The van der Waals surface area contributed by atoms with Crippen LogP contribution in [0.5, 0.6) is 0 Å². The molecule has 462 valence electrons. The fraction of sp³-hybridized carbons (Fsp3) is 0.209. The van der Waals surface area contributed by atoms with Crippen LogP contribution in [0.25, 0.3) is 89.5 Å². The van der Waals surface area contributed by atoms with Crippen LogP contribution in [-0.2, 0) is 34.6 Å². The van der Waals surface area contributed by atoms with Gasteiger partial charge in [0, 0.05) is 69.8 Å². The van der Waals surface area contributed by atoms with Crippen LogP contribution in [0.15, 0.2) is 261 Å². The van der Waals surface area contributed by atoms with E-state index in [9.17, 15) is 8.78 Å². The Labute approximate surface area is 546 Å². The summed E-state index contributed by atoms with van der Waals surface area (Å²) in [4.78, 5) is 0. The molecule has 0 aliphatic heterocycles. The standard InChI is InChI=1S/C24H25FN.C23H25FN.C20H20N.C19H18N/c1-17-7-3-6-10-21(17)24-14-12-20(16-26(24)2)19-11-13-23(25)22(15-19)18-8-4-5-9-18;1-16(2)13-20-14-18(9-11-22(20)24)19-10-12-23(25(4)15-19)21-8-6-5-7-17(21)3;1-15-8-10-17(11-9-15)18-12-13-21(3)20(14-18)19-7-5-4-6-16(19)2;1-15-8-6-7-11-18(15)19-14-17(12-13-20(19)2)16-9-4-3-5-10-16/h3,6-7,10-16,18H,4-5,8-9H2,1-2H3;5-12,14-16H,13H2,1-4H3;4-14H,1-3H3;3-14H,1-2H3/q4*+1. The van der Waals surface area contributed by atoms with Crippen molar-refractivity contribution in [2.45, 2.75) is 86.5 Å². The molecule has 4 aromatic heterocycles. The molecule has 6 heteroatoms. The van der Waals surface area contributed by atoms with Gasteiger partial charge in [0.1, 0.15) is 39.8 Å². The first kappa shape index (κ1) is 65.2. The second-order valence-electron chi connectivity index (χ2n) is 25.3. The molecule has 0 bridgehead atoms. The molecule has 12 aromatic rings. The van der Waals surface area contributed by atoms with Crippen molar-refractivity contribution in [1.29, 1.82) is 0 Å². The van der Waals surface area contributed by atoms with E-state index in [1.807, 2.05) is 18.2 Å². The van der Waals surface area contributed by atoms with Crippen LogP contribution in [0.4, 0.5) is 8.78 Å². The number of nitrogens with zero attached hydrogens (tertiary/aromatic N) is 4.